The van der Waals surface area contributed by atoms with Gasteiger partial charge in [-0.3, -0.25) is 0 Å². The SMILES string of the molecule is C=C1CC[C@H](CC)N1c1ccc(C)c(Cl)c1. The van der Waals surface area contributed by atoms with Crippen molar-refractivity contribution < 1.29 is 0 Å². The Hall–Kier alpha value is -0.950. The molecular weight excluding hydrogens is 218 g/mol. The van der Waals surface area contributed by atoms with Gasteiger partial charge in [-0.25, -0.2) is 0 Å². The average Bonchev–Trinajstić information content (AvgIpc) is 2.64. The zero-order valence-corrected chi connectivity index (χ0v) is 10.7. The lowest BCUT2D eigenvalue weighted by molar-refractivity contribution is 0.649. The van der Waals surface area contributed by atoms with Crippen molar-refractivity contribution >= 4 is 17.3 Å². The van der Waals surface area contributed by atoms with E-state index in [4.69, 9.17) is 11.6 Å². The van der Waals surface area contributed by atoms with E-state index in [0.717, 1.165) is 23.4 Å². The number of hydrogen-bond donors (Lipinski definition) is 0. The second kappa shape index (κ2) is 4.50. The van der Waals surface area contributed by atoms with Crippen molar-refractivity contribution in [1.82, 2.24) is 0 Å². The average molecular weight is 236 g/mol. The number of nitrogens with zero attached hydrogens (tertiary/aromatic N) is 1. The number of halogens is 1. The predicted octanol–water partition coefficient (Wildman–Crippen LogP) is 4.54. The molecule has 16 heavy (non-hydrogen) atoms. The first-order valence-corrected chi connectivity index (χ1v) is 6.24. The molecule has 1 nitrogen and oxygen atoms in total. The smallest absolute Gasteiger partial charge is 0.0455 e. The lowest BCUT2D eigenvalue weighted by Gasteiger charge is -2.27. The maximum Gasteiger partial charge on any atom is 0.0455 e. The van der Waals surface area contributed by atoms with Crippen molar-refractivity contribution in [3.05, 3.63) is 41.1 Å². The van der Waals surface area contributed by atoms with Crippen LogP contribution in [-0.2, 0) is 0 Å². The van der Waals surface area contributed by atoms with Gasteiger partial charge in [0.25, 0.3) is 0 Å². The summed E-state index contributed by atoms with van der Waals surface area (Å²) in [6.07, 6.45) is 3.47. The van der Waals surface area contributed by atoms with Gasteiger partial charge in [0, 0.05) is 22.4 Å². The molecule has 0 aromatic heterocycles. The molecule has 1 aliphatic heterocycles. The molecule has 1 aliphatic rings. The summed E-state index contributed by atoms with van der Waals surface area (Å²) < 4.78 is 0. The summed E-state index contributed by atoms with van der Waals surface area (Å²) in [7, 11) is 0. The summed E-state index contributed by atoms with van der Waals surface area (Å²) in [6.45, 7) is 8.40. The standard InChI is InChI=1S/C14H18ClN/c1-4-12-8-6-11(3)16(12)13-7-5-10(2)14(15)9-13/h5,7,9,12H,3-4,6,8H2,1-2H3/t12-/m0/s1. The second-order valence-corrected chi connectivity index (χ2v) is 4.88. The quantitative estimate of drug-likeness (QED) is 0.728. The number of rotatable bonds is 2. The molecule has 0 N–H and O–H groups in total. The maximum absolute atomic E-state index is 6.17. The van der Waals surface area contributed by atoms with Gasteiger partial charge in [0.05, 0.1) is 0 Å². The third-order valence-electron chi connectivity index (χ3n) is 3.38. The van der Waals surface area contributed by atoms with Crippen molar-refractivity contribution in [1.29, 1.82) is 0 Å². The number of hydrogen-bond acceptors (Lipinski definition) is 1. The number of benzene rings is 1. The highest BCUT2D eigenvalue weighted by Crippen LogP contribution is 2.35. The van der Waals surface area contributed by atoms with Crippen LogP contribution >= 0.6 is 11.6 Å². The van der Waals surface area contributed by atoms with Crippen LogP contribution in [0.3, 0.4) is 0 Å². The first-order chi connectivity index (χ1) is 7.63. The van der Waals surface area contributed by atoms with Gasteiger partial charge >= 0.3 is 0 Å². The van der Waals surface area contributed by atoms with Crippen LogP contribution in [0.1, 0.15) is 31.7 Å². The normalized spacial score (nSPS) is 20.6. The molecule has 0 amide bonds. The highest BCUT2D eigenvalue weighted by molar-refractivity contribution is 6.31. The highest BCUT2D eigenvalue weighted by atomic mass is 35.5. The van der Waals surface area contributed by atoms with Gasteiger partial charge in [-0.2, -0.15) is 0 Å². The molecule has 1 aromatic rings. The van der Waals surface area contributed by atoms with E-state index in [2.05, 4.69) is 36.6 Å². The molecule has 86 valence electrons. The number of anilines is 1. The minimum Gasteiger partial charge on any atom is -0.343 e. The van der Waals surface area contributed by atoms with Crippen molar-refractivity contribution in [2.45, 2.75) is 39.2 Å². The van der Waals surface area contributed by atoms with Crippen LogP contribution < -0.4 is 4.90 Å². The van der Waals surface area contributed by atoms with Gasteiger partial charge in [-0.1, -0.05) is 31.2 Å². The fourth-order valence-corrected chi connectivity index (χ4v) is 2.53. The molecule has 1 fully saturated rings. The Morgan fingerprint density at radius 2 is 2.25 bits per heavy atom. The van der Waals surface area contributed by atoms with E-state index >= 15 is 0 Å². The Balaban J connectivity index is 2.35. The molecule has 0 saturated carbocycles. The van der Waals surface area contributed by atoms with E-state index < -0.39 is 0 Å². The first kappa shape index (κ1) is 11.5. The topological polar surface area (TPSA) is 3.24 Å². The third kappa shape index (κ3) is 1.97. The van der Waals surface area contributed by atoms with Crippen LogP contribution in [0, 0.1) is 6.92 Å². The van der Waals surface area contributed by atoms with Crippen LogP contribution in [0.15, 0.2) is 30.5 Å². The zero-order valence-electron chi connectivity index (χ0n) is 9.96. The molecule has 0 unspecified atom stereocenters. The van der Waals surface area contributed by atoms with Gasteiger partial charge < -0.3 is 4.90 Å². The molecule has 0 bridgehead atoms. The third-order valence-corrected chi connectivity index (χ3v) is 3.78. The predicted molar refractivity (Wildman–Crippen MR) is 71.1 cm³/mol. The lowest BCUT2D eigenvalue weighted by Crippen LogP contribution is -2.26. The molecule has 0 spiro atoms. The summed E-state index contributed by atoms with van der Waals surface area (Å²) >= 11 is 6.17. The molecule has 2 rings (SSSR count). The fraction of sp³-hybridized carbons (Fsp3) is 0.429. The summed E-state index contributed by atoms with van der Waals surface area (Å²) in [4.78, 5) is 2.34. The van der Waals surface area contributed by atoms with Gasteiger partial charge in [0.15, 0.2) is 0 Å². The minimum absolute atomic E-state index is 0.589. The zero-order chi connectivity index (χ0) is 11.7. The first-order valence-electron chi connectivity index (χ1n) is 5.86. The summed E-state index contributed by atoms with van der Waals surface area (Å²) in [5.41, 5.74) is 3.53. The summed E-state index contributed by atoms with van der Waals surface area (Å²) in [6, 6.07) is 6.86. The van der Waals surface area contributed by atoms with Crippen LogP contribution in [0.2, 0.25) is 5.02 Å². The van der Waals surface area contributed by atoms with E-state index in [1.54, 1.807) is 0 Å². The Bertz CT molecular complexity index is 411. The summed E-state index contributed by atoms with van der Waals surface area (Å²) in [5, 5.41) is 0.840. The van der Waals surface area contributed by atoms with Gasteiger partial charge in [-0.15, -0.1) is 0 Å². The van der Waals surface area contributed by atoms with Gasteiger partial charge in [0.1, 0.15) is 0 Å². The Kier molecular flexibility index (Phi) is 3.25. The maximum atomic E-state index is 6.17. The largest absolute Gasteiger partial charge is 0.343 e. The van der Waals surface area contributed by atoms with E-state index in [0.29, 0.717) is 6.04 Å². The molecule has 0 aliphatic carbocycles. The minimum atomic E-state index is 0.589. The van der Waals surface area contributed by atoms with E-state index in [1.807, 2.05) is 6.92 Å². The second-order valence-electron chi connectivity index (χ2n) is 4.47. The van der Waals surface area contributed by atoms with E-state index in [-0.39, 0.29) is 0 Å². The van der Waals surface area contributed by atoms with Crippen LogP contribution in [-0.4, -0.2) is 6.04 Å². The van der Waals surface area contributed by atoms with Crippen molar-refractivity contribution in [3.63, 3.8) is 0 Å². The number of allylic oxidation sites excluding steroid dienone is 1. The van der Waals surface area contributed by atoms with E-state index in [9.17, 15) is 0 Å². The van der Waals surface area contributed by atoms with Crippen molar-refractivity contribution in [2.24, 2.45) is 0 Å². The molecule has 1 aromatic carbocycles. The summed E-state index contributed by atoms with van der Waals surface area (Å²) in [5.74, 6) is 0. The van der Waals surface area contributed by atoms with E-state index in [1.165, 1.54) is 17.8 Å². The lowest BCUT2D eigenvalue weighted by atomic mass is 10.1. The highest BCUT2D eigenvalue weighted by Gasteiger charge is 2.26. The van der Waals surface area contributed by atoms with Gasteiger partial charge in [0.2, 0.25) is 0 Å². The Morgan fingerprint density at radius 3 is 2.88 bits per heavy atom. The molecule has 0 radical (unpaired) electrons. The van der Waals surface area contributed by atoms with Crippen LogP contribution in [0.25, 0.3) is 0 Å². The van der Waals surface area contributed by atoms with Crippen molar-refractivity contribution in [3.8, 4) is 0 Å². The van der Waals surface area contributed by atoms with Gasteiger partial charge in [-0.05, 0) is 43.9 Å². The van der Waals surface area contributed by atoms with Crippen molar-refractivity contribution in [2.75, 3.05) is 4.90 Å². The molecule has 2 heteroatoms. The monoisotopic (exact) mass is 235 g/mol. The van der Waals surface area contributed by atoms with Crippen LogP contribution in [0.5, 0.6) is 0 Å². The molecular formula is C14H18ClN. The molecule has 1 atom stereocenters. The molecule has 1 saturated heterocycles. The number of aryl methyl sites for hydroxylation is 1. The Labute approximate surface area is 103 Å². The fourth-order valence-electron chi connectivity index (χ4n) is 2.35. The van der Waals surface area contributed by atoms with Crippen LogP contribution in [0.4, 0.5) is 5.69 Å². The molecule has 1 heterocycles. The Morgan fingerprint density at radius 1 is 1.50 bits per heavy atom.